The summed E-state index contributed by atoms with van der Waals surface area (Å²) >= 11 is 0. The first-order valence-electron chi connectivity index (χ1n) is 11.8. The lowest BCUT2D eigenvalue weighted by Gasteiger charge is -2.36. The molecule has 1 aromatic carbocycles. The average molecular weight is 509 g/mol. The van der Waals surface area contributed by atoms with E-state index >= 15 is 0 Å². The minimum Gasteiger partial charge on any atom is -0.378 e. The molecule has 2 aliphatic rings. The maximum atomic E-state index is 12.2. The molecular formula is C25H37ClN4O5. The fourth-order valence-corrected chi connectivity index (χ4v) is 3.94. The van der Waals surface area contributed by atoms with Crippen LogP contribution in [0.4, 0.5) is 11.4 Å². The van der Waals surface area contributed by atoms with Crippen LogP contribution in [0.2, 0.25) is 0 Å². The summed E-state index contributed by atoms with van der Waals surface area (Å²) in [6.45, 7) is 3.75. The smallest absolute Gasteiger partial charge is 0.220 e. The van der Waals surface area contributed by atoms with Gasteiger partial charge in [-0.15, -0.1) is 10.2 Å². The maximum Gasteiger partial charge on any atom is 0.220 e. The van der Waals surface area contributed by atoms with E-state index in [0.717, 1.165) is 32.4 Å². The summed E-state index contributed by atoms with van der Waals surface area (Å²) in [5.74, 6) is 0.159. The number of allylic oxidation sites excluding steroid dienone is 1. The molecule has 1 heterocycles. The van der Waals surface area contributed by atoms with Crippen molar-refractivity contribution in [1.82, 2.24) is 5.32 Å². The zero-order valence-corrected chi connectivity index (χ0v) is 21.9. The van der Waals surface area contributed by atoms with Crippen LogP contribution in [0.5, 0.6) is 0 Å². The molecule has 1 aliphatic carbocycles. The van der Waals surface area contributed by atoms with Crippen molar-refractivity contribution >= 4 is 23.4 Å². The van der Waals surface area contributed by atoms with Crippen LogP contribution in [-0.4, -0.2) is 53.2 Å². The van der Waals surface area contributed by atoms with Gasteiger partial charge in [-0.3, -0.25) is 4.79 Å². The highest BCUT2D eigenvalue weighted by Crippen LogP contribution is 2.39. The largest absolute Gasteiger partial charge is 0.378 e. The third kappa shape index (κ3) is 9.29. The van der Waals surface area contributed by atoms with Gasteiger partial charge in [-0.1, -0.05) is 25.5 Å². The fraction of sp³-hybridized carbons (Fsp3) is 0.480. The Bertz CT molecular complexity index is 948. The summed E-state index contributed by atoms with van der Waals surface area (Å²) in [4.78, 5) is 18.1. The van der Waals surface area contributed by atoms with Gasteiger partial charge in [0.2, 0.25) is 5.91 Å². The summed E-state index contributed by atoms with van der Waals surface area (Å²) in [7, 11) is 3.58. The highest BCUT2D eigenvalue weighted by Gasteiger charge is 2.27. The maximum absolute atomic E-state index is 12.2. The van der Waals surface area contributed by atoms with E-state index in [2.05, 4.69) is 92.7 Å². The number of amides is 1. The van der Waals surface area contributed by atoms with Crippen molar-refractivity contribution in [3.8, 4) is 0 Å². The zero-order valence-electron chi connectivity index (χ0n) is 21.2. The number of carbonyl (C=O) groups excluding carboxylic acids is 1. The molecule has 1 atom stereocenters. The van der Waals surface area contributed by atoms with Gasteiger partial charge in [-0.25, -0.2) is 18.6 Å². The molecule has 2 N–H and O–H groups in total. The van der Waals surface area contributed by atoms with E-state index < -0.39 is 10.2 Å². The van der Waals surface area contributed by atoms with Crippen molar-refractivity contribution < 1.29 is 38.6 Å². The summed E-state index contributed by atoms with van der Waals surface area (Å²) in [5.41, 5.74) is 6.17. The minimum absolute atomic E-state index is 0.159. The van der Waals surface area contributed by atoms with E-state index in [4.69, 9.17) is 18.6 Å². The SMILES string of the molecule is CCCCNC(=O)CCCN1C2=CC([NH+](C)C)C=CC2=Cc2ccc(N(C)C)cc21.[O-][Cl+3]([O-])([O-])[O-]. The molecule has 0 saturated carbocycles. The van der Waals surface area contributed by atoms with Gasteiger partial charge in [-0.05, 0) is 48.3 Å². The van der Waals surface area contributed by atoms with Crippen LogP contribution in [0.3, 0.4) is 0 Å². The van der Waals surface area contributed by atoms with Crippen LogP contribution in [0.1, 0.15) is 38.2 Å². The molecule has 10 heteroatoms. The molecule has 0 bridgehead atoms. The monoisotopic (exact) mass is 508 g/mol. The van der Waals surface area contributed by atoms with E-state index in [0.29, 0.717) is 12.5 Å². The second kappa shape index (κ2) is 13.1. The molecular weight excluding hydrogens is 472 g/mol. The van der Waals surface area contributed by atoms with E-state index in [1.54, 1.807) is 0 Å². The van der Waals surface area contributed by atoms with Crippen LogP contribution in [-0.2, 0) is 4.79 Å². The number of nitrogens with one attached hydrogen (secondary N) is 2. The number of benzene rings is 1. The molecule has 0 aromatic heterocycles. The minimum atomic E-state index is -4.94. The van der Waals surface area contributed by atoms with E-state index in [1.165, 1.54) is 33.1 Å². The summed E-state index contributed by atoms with van der Waals surface area (Å²) in [6.07, 6.45) is 12.7. The predicted molar refractivity (Wildman–Crippen MR) is 127 cm³/mol. The standard InChI is InChI=1S/C25H36N4O.ClHO4/c1-6-7-14-26-25(30)9-8-15-29-23-17-21(27(2)3)12-10-19(23)16-20-11-13-22(28(4)5)18-24(20)29;2-1(3,4)5/h10-13,16-18,21H,6-9,14-15H2,1-5H3,(H,26,30);(H,2,3,4,5). The Morgan fingerprint density at radius 3 is 2.46 bits per heavy atom. The third-order valence-electron chi connectivity index (χ3n) is 5.84. The van der Waals surface area contributed by atoms with E-state index in [-0.39, 0.29) is 5.91 Å². The van der Waals surface area contributed by atoms with Crippen LogP contribution >= 0.6 is 0 Å². The van der Waals surface area contributed by atoms with Gasteiger partial charge in [0.25, 0.3) is 0 Å². The van der Waals surface area contributed by atoms with Crippen molar-refractivity contribution in [2.24, 2.45) is 0 Å². The van der Waals surface area contributed by atoms with Gasteiger partial charge >= 0.3 is 0 Å². The molecule has 1 aliphatic heterocycles. The predicted octanol–water partition coefficient (Wildman–Crippen LogP) is -2.14. The van der Waals surface area contributed by atoms with Gasteiger partial charge in [0, 0.05) is 45.4 Å². The Morgan fingerprint density at radius 2 is 1.86 bits per heavy atom. The van der Waals surface area contributed by atoms with Crippen molar-refractivity contribution in [1.29, 1.82) is 0 Å². The molecule has 0 fully saturated rings. The Labute approximate surface area is 210 Å². The normalized spacial score (nSPS) is 16.5. The Morgan fingerprint density at radius 1 is 1.17 bits per heavy atom. The molecule has 1 aromatic rings. The number of halogens is 1. The molecule has 1 amide bonds. The summed E-state index contributed by atoms with van der Waals surface area (Å²) in [5, 5.41) is 3.04. The number of quaternary nitrogens is 1. The number of likely N-dealkylation sites (N-methyl/N-ethyl adjacent to an activating group) is 1. The van der Waals surface area contributed by atoms with Crippen molar-refractivity contribution in [3.05, 3.63) is 53.3 Å². The van der Waals surface area contributed by atoms with E-state index in [9.17, 15) is 4.79 Å². The van der Waals surface area contributed by atoms with Crippen molar-refractivity contribution in [2.75, 3.05) is 51.1 Å². The highest BCUT2D eigenvalue weighted by atomic mass is 35.7. The van der Waals surface area contributed by atoms with Gasteiger partial charge in [0.1, 0.15) is 6.04 Å². The number of rotatable bonds is 9. The number of hydrogen-bond acceptors (Lipinski definition) is 7. The Hall–Kier alpha value is -2.40. The van der Waals surface area contributed by atoms with Crippen LogP contribution < -0.4 is 38.7 Å². The Kier molecular flexibility index (Phi) is 10.8. The number of fused-ring (bicyclic) bond motifs is 2. The third-order valence-corrected chi connectivity index (χ3v) is 5.84. The molecule has 35 heavy (non-hydrogen) atoms. The second-order valence-electron chi connectivity index (χ2n) is 9.09. The van der Waals surface area contributed by atoms with Crippen LogP contribution in [0, 0.1) is 10.2 Å². The molecule has 0 radical (unpaired) electrons. The van der Waals surface area contributed by atoms with Crippen LogP contribution in [0.25, 0.3) is 6.08 Å². The molecule has 0 saturated heterocycles. The fourth-order valence-electron chi connectivity index (χ4n) is 3.94. The van der Waals surface area contributed by atoms with Gasteiger partial charge in [0.15, 0.2) is 0 Å². The molecule has 9 nitrogen and oxygen atoms in total. The number of carbonyl (C=O) groups is 1. The lowest BCUT2D eigenvalue weighted by Crippen LogP contribution is -3.09. The zero-order chi connectivity index (χ0) is 26.2. The first kappa shape index (κ1) is 28.8. The van der Waals surface area contributed by atoms with Gasteiger partial charge < -0.3 is 20.0 Å². The lowest BCUT2D eigenvalue weighted by atomic mass is 9.93. The second-order valence-corrected chi connectivity index (χ2v) is 9.84. The van der Waals surface area contributed by atoms with Gasteiger partial charge in [0.05, 0.1) is 25.5 Å². The number of nitrogens with zero attached hydrogens (tertiary/aromatic N) is 2. The molecule has 0 spiro atoms. The van der Waals surface area contributed by atoms with E-state index in [1.807, 2.05) is 0 Å². The molecule has 194 valence electrons. The molecule has 3 rings (SSSR count). The van der Waals surface area contributed by atoms with Gasteiger partial charge in [-0.2, -0.15) is 0 Å². The first-order chi connectivity index (χ1) is 16.4. The highest BCUT2D eigenvalue weighted by molar-refractivity contribution is 5.84. The van der Waals surface area contributed by atoms with Crippen molar-refractivity contribution in [2.45, 2.75) is 38.6 Å². The first-order valence-corrected chi connectivity index (χ1v) is 13.0. The molecule has 1 unspecified atom stereocenters. The number of hydrogen-bond donors (Lipinski definition) is 2. The number of unbranched alkanes of at least 4 members (excludes halogenated alkanes) is 1. The average Bonchev–Trinajstić information content (AvgIpc) is 2.77. The summed E-state index contributed by atoms with van der Waals surface area (Å²) < 4.78 is 34.0. The van der Waals surface area contributed by atoms with Crippen molar-refractivity contribution in [3.63, 3.8) is 0 Å². The lowest BCUT2D eigenvalue weighted by molar-refractivity contribution is -2.00. The number of anilines is 2. The summed E-state index contributed by atoms with van der Waals surface area (Å²) in [6, 6.07) is 7.00. The Balaban J connectivity index is 0.000000784. The quantitative estimate of drug-likeness (QED) is 0.364. The van der Waals surface area contributed by atoms with Crippen LogP contribution in [0.15, 0.2) is 47.7 Å². The topological polar surface area (TPSA) is 132 Å².